The van der Waals surface area contributed by atoms with E-state index in [0.29, 0.717) is 165 Å². The molecule has 0 amide bonds. The summed E-state index contributed by atoms with van der Waals surface area (Å²) in [6.07, 6.45) is 3.19. The summed E-state index contributed by atoms with van der Waals surface area (Å²) in [5, 5.41) is 0. The lowest BCUT2D eigenvalue weighted by Crippen LogP contribution is -2.24. The van der Waals surface area contributed by atoms with Crippen LogP contribution in [0.2, 0.25) is 0 Å². The van der Waals surface area contributed by atoms with E-state index in [1.54, 1.807) is 0 Å². The molecule has 50 heavy (non-hydrogen) atoms. The van der Waals surface area contributed by atoms with Gasteiger partial charge in [0.15, 0.2) is 6.29 Å². The largest absolute Gasteiger partial charge is 0.377 e. The van der Waals surface area contributed by atoms with E-state index in [2.05, 4.69) is 0 Å². The molecule has 1 unspecified atom stereocenters. The lowest BCUT2D eigenvalue weighted by molar-refractivity contribution is -0.169. The second-order valence-corrected chi connectivity index (χ2v) is 10.9. The molecule has 0 radical (unpaired) electrons. The summed E-state index contributed by atoms with van der Waals surface area (Å²) in [5.74, 6) is 0. The van der Waals surface area contributed by atoms with Gasteiger partial charge in [0, 0.05) is 6.61 Å². The van der Waals surface area contributed by atoms with Crippen LogP contribution >= 0.6 is 0 Å². The van der Waals surface area contributed by atoms with Crippen molar-refractivity contribution in [3.05, 3.63) is 35.9 Å². The van der Waals surface area contributed by atoms with Crippen molar-refractivity contribution >= 4 is 0 Å². The first kappa shape index (κ1) is 44.8. The van der Waals surface area contributed by atoms with E-state index in [1.807, 2.05) is 30.3 Å². The van der Waals surface area contributed by atoms with Crippen molar-refractivity contribution in [2.24, 2.45) is 0 Å². The van der Waals surface area contributed by atoms with Crippen LogP contribution in [0, 0.1) is 0 Å². The number of hydrogen-bond acceptors (Lipinski definition) is 14. The molecular weight excluding hydrogens is 656 g/mol. The fourth-order valence-electron chi connectivity index (χ4n) is 4.26. The van der Waals surface area contributed by atoms with Crippen molar-refractivity contribution in [3.8, 4) is 0 Å². The third-order valence-corrected chi connectivity index (χ3v) is 6.87. The molecule has 1 aliphatic rings. The Labute approximate surface area is 299 Å². The zero-order valence-electron chi connectivity index (χ0n) is 30.2. The van der Waals surface area contributed by atoms with Gasteiger partial charge < -0.3 is 66.3 Å². The Kier molecular flexibility index (Phi) is 33.5. The topological polar surface area (TPSA) is 129 Å². The minimum absolute atomic E-state index is 0.0668. The summed E-state index contributed by atoms with van der Waals surface area (Å²) in [4.78, 5) is 0. The van der Waals surface area contributed by atoms with Crippen LogP contribution in [0.3, 0.4) is 0 Å². The van der Waals surface area contributed by atoms with Gasteiger partial charge in [-0.3, -0.25) is 0 Å². The predicted octanol–water partition coefficient (Wildman–Crippen LogP) is 2.93. The minimum atomic E-state index is -0.0668. The highest BCUT2D eigenvalue weighted by Crippen LogP contribution is 2.13. The van der Waals surface area contributed by atoms with Crippen LogP contribution in [0.5, 0.6) is 0 Å². The summed E-state index contributed by atoms with van der Waals surface area (Å²) < 4.78 is 77.1. The van der Waals surface area contributed by atoms with Crippen LogP contribution in [-0.4, -0.2) is 171 Å². The van der Waals surface area contributed by atoms with Crippen LogP contribution in [0.25, 0.3) is 0 Å². The van der Waals surface area contributed by atoms with Gasteiger partial charge in [-0.25, -0.2) is 0 Å². The van der Waals surface area contributed by atoms with E-state index >= 15 is 0 Å². The van der Waals surface area contributed by atoms with Gasteiger partial charge in [0.1, 0.15) is 0 Å². The van der Waals surface area contributed by atoms with E-state index < -0.39 is 0 Å². The molecule has 14 nitrogen and oxygen atoms in total. The van der Waals surface area contributed by atoms with Crippen LogP contribution in [0.15, 0.2) is 30.3 Å². The third-order valence-electron chi connectivity index (χ3n) is 6.87. The molecule has 0 spiro atoms. The van der Waals surface area contributed by atoms with Gasteiger partial charge in [0.05, 0.1) is 165 Å². The molecule has 292 valence electrons. The standard InChI is InChI=1S/C36H64O14/c1-2-6-35(7-3-1)34-48-31-30-46-27-26-44-23-22-42-19-18-40-15-14-38-11-10-37-12-13-39-16-17-41-20-21-43-24-25-45-28-29-47-32-33-50-36-8-4-5-9-49-36/h1-3,6-7,36H,4-5,8-34H2. The van der Waals surface area contributed by atoms with E-state index in [0.717, 1.165) is 31.4 Å². The van der Waals surface area contributed by atoms with Crippen molar-refractivity contribution in [2.75, 3.05) is 165 Å². The van der Waals surface area contributed by atoms with Gasteiger partial charge in [-0.05, 0) is 24.8 Å². The molecule has 0 bridgehead atoms. The summed E-state index contributed by atoms with van der Waals surface area (Å²) in [6, 6.07) is 10.1. The van der Waals surface area contributed by atoms with Gasteiger partial charge in [-0.1, -0.05) is 30.3 Å². The normalized spacial score (nSPS) is 14.8. The molecule has 2 rings (SSSR count). The summed E-state index contributed by atoms with van der Waals surface area (Å²) >= 11 is 0. The highest BCUT2D eigenvalue weighted by molar-refractivity contribution is 5.13. The fraction of sp³-hybridized carbons (Fsp3) is 0.833. The molecular formula is C36H64O14. The number of ether oxygens (including phenoxy) is 14. The Bertz CT molecular complexity index is 787. The summed E-state index contributed by atoms with van der Waals surface area (Å²) in [5.41, 5.74) is 1.16. The monoisotopic (exact) mass is 720 g/mol. The molecule has 1 saturated heterocycles. The fourth-order valence-corrected chi connectivity index (χ4v) is 4.26. The van der Waals surface area contributed by atoms with Crippen molar-refractivity contribution in [1.29, 1.82) is 0 Å². The predicted molar refractivity (Wildman–Crippen MR) is 185 cm³/mol. The van der Waals surface area contributed by atoms with Gasteiger partial charge in [-0.2, -0.15) is 0 Å². The maximum Gasteiger partial charge on any atom is 0.157 e. The first-order valence-corrected chi connectivity index (χ1v) is 18.1. The van der Waals surface area contributed by atoms with Crippen molar-refractivity contribution in [3.63, 3.8) is 0 Å². The van der Waals surface area contributed by atoms with Gasteiger partial charge in [0.2, 0.25) is 0 Å². The Morgan fingerprint density at radius 2 is 0.700 bits per heavy atom. The lowest BCUT2D eigenvalue weighted by Gasteiger charge is -2.22. The molecule has 0 aromatic heterocycles. The molecule has 1 heterocycles. The average molecular weight is 721 g/mol. The Balaban J connectivity index is 1.12. The van der Waals surface area contributed by atoms with Crippen LogP contribution in [0.1, 0.15) is 24.8 Å². The third kappa shape index (κ3) is 31.4. The summed E-state index contributed by atoms with van der Waals surface area (Å²) in [7, 11) is 0. The van der Waals surface area contributed by atoms with E-state index in [-0.39, 0.29) is 6.29 Å². The van der Waals surface area contributed by atoms with E-state index in [9.17, 15) is 0 Å². The molecule has 14 heteroatoms. The molecule has 1 atom stereocenters. The molecule has 1 fully saturated rings. The molecule has 1 aromatic rings. The highest BCUT2D eigenvalue weighted by Gasteiger charge is 2.13. The zero-order valence-corrected chi connectivity index (χ0v) is 30.2. The molecule has 1 aliphatic heterocycles. The van der Waals surface area contributed by atoms with Crippen molar-refractivity contribution < 1.29 is 66.3 Å². The first-order chi connectivity index (χ1) is 24.9. The smallest absolute Gasteiger partial charge is 0.157 e. The maximum absolute atomic E-state index is 5.61. The summed E-state index contributed by atoms with van der Waals surface area (Å²) in [6.45, 7) is 14.0. The lowest BCUT2D eigenvalue weighted by atomic mass is 10.2. The van der Waals surface area contributed by atoms with E-state index in [4.69, 9.17) is 66.3 Å². The van der Waals surface area contributed by atoms with E-state index in [1.165, 1.54) is 0 Å². The SMILES string of the molecule is c1ccc(COCCOCCOCCOCCOCCOCCOCCOCCOCCOCCOCCOCCOC2CCCCO2)cc1. The number of benzene rings is 1. The van der Waals surface area contributed by atoms with Gasteiger partial charge in [-0.15, -0.1) is 0 Å². The minimum Gasteiger partial charge on any atom is -0.377 e. The Morgan fingerprint density at radius 1 is 0.380 bits per heavy atom. The Morgan fingerprint density at radius 3 is 1.02 bits per heavy atom. The van der Waals surface area contributed by atoms with Crippen molar-refractivity contribution in [1.82, 2.24) is 0 Å². The highest BCUT2D eigenvalue weighted by atomic mass is 16.7. The first-order valence-electron chi connectivity index (χ1n) is 18.1. The second-order valence-electron chi connectivity index (χ2n) is 10.9. The maximum atomic E-state index is 5.61. The molecule has 0 N–H and O–H groups in total. The average Bonchev–Trinajstić information content (AvgIpc) is 3.15. The molecule has 1 aromatic carbocycles. The van der Waals surface area contributed by atoms with Crippen LogP contribution in [0.4, 0.5) is 0 Å². The van der Waals surface area contributed by atoms with Crippen LogP contribution < -0.4 is 0 Å². The number of hydrogen-bond donors (Lipinski definition) is 0. The molecule has 0 aliphatic carbocycles. The second kappa shape index (κ2) is 37.4. The quantitative estimate of drug-likeness (QED) is 0.0925. The molecule has 0 saturated carbocycles. The van der Waals surface area contributed by atoms with Crippen LogP contribution in [-0.2, 0) is 72.9 Å². The number of rotatable bonds is 39. The van der Waals surface area contributed by atoms with Gasteiger partial charge in [0.25, 0.3) is 0 Å². The van der Waals surface area contributed by atoms with Gasteiger partial charge >= 0.3 is 0 Å². The Hall–Kier alpha value is -1.34. The van der Waals surface area contributed by atoms with Crippen molar-refractivity contribution in [2.45, 2.75) is 32.2 Å². The zero-order chi connectivity index (χ0) is 35.1.